The van der Waals surface area contributed by atoms with Gasteiger partial charge >= 0.3 is 0 Å². The van der Waals surface area contributed by atoms with Gasteiger partial charge < -0.3 is 10.5 Å². The van der Waals surface area contributed by atoms with Crippen LogP contribution in [0.4, 0.5) is 4.39 Å². The van der Waals surface area contributed by atoms with Crippen molar-refractivity contribution in [2.24, 2.45) is 11.7 Å². The maximum atomic E-state index is 12.7. The summed E-state index contributed by atoms with van der Waals surface area (Å²) in [7, 11) is 0. The third-order valence-corrected chi connectivity index (χ3v) is 3.55. The van der Waals surface area contributed by atoms with Gasteiger partial charge in [0.05, 0.1) is 0 Å². The summed E-state index contributed by atoms with van der Waals surface area (Å²) in [5.41, 5.74) is 5.98. The van der Waals surface area contributed by atoms with Crippen LogP contribution in [0.3, 0.4) is 0 Å². The topological polar surface area (TPSA) is 38.5 Å². The van der Waals surface area contributed by atoms with Crippen LogP contribution < -0.4 is 10.5 Å². The molecule has 4 heteroatoms. The summed E-state index contributed by atoms with van der Waals surface area (Å²) in [5, 5.41) is 0. The lowest BCUT2D eigenvalue weighted by atomic mass is 9.95. The molecule has 2 N–H and O–H groups in total. The van der Waals surface area contributed by atoms with E-state index >= 15 is 0 Å². The first-order valence-electron chi connectivity index (χ1n) is 6.51. The second-order valence-electron chi connectivity index (χ2n) is 5.03. The predicted molar refractivity (Wildman–Crippen MR) is 70.1 cm³/mol. The van der Waals surface area contributed by atoms with Crippen molar-refractivity contribution in [2.45, 2.75) is 19.4 Å². The molecule has 1 fully saturated rings. The molecule has 1 heterocycles. The zero-order chi connectivity index (χ0) is 13.0. The average molecular weight is 252 g/mol. The Morgan fingerprint density at radius 1 is 1.39 bits per heavy atom. The Labute approximate surface area is 108 Å². The van der Waals surface area contributed by atoms with Gasteiger partial charge in [-0.2, -0.15) is 0 Å². The first kappa shape index (κ1) is 13.3. The number of halogens is 1. The number of hydrogen-bond acceptors (Lipinski definition) is 3. The quantitative estimate of drug-likeness (QED) is 0.889. The standard InChI is InChI=1S/C14H21FN2O/c1-11-10-17(7-6-14(11)16)8-9-18-13-4-2-12(15)3-5-13/h2-5,11,14H,6-10,16H2,1H3. The summed E-state index contributed by atoms with van der Waals surface area (Å²) in [6.45, 7) is 5.80. The number of likely N-dealkylation sites (tertiary alicyclic amines) is 1. The fraction of sp³-hybridized carbons (Fsp3) is 0.571. The van der Waals surface area contributed by atoms with Gasteiger partial charge in [-0.1, -0.05) is 6.92 Å². The van der Waals surface area contributed by atoms with Crippen LogP contribution >= 0.6 is 0 Å². The molecular formula is C14H21FN2O. The van der Waals surface area contributed by atoms with Crippen molar-refractivity contribution in [2.75, 3.05) is 26.2 Å². The van der Waals surface area contributed by atoms with Crippen molar-refractivity contribution in [3.63, 3.8) is 0 Å². The number of rotatable bonds is 4. The molecule has 0 radical (unpaired) electrons. The third-order valence-electron chi connectivity index (χ3n) is 3.55. The molecule has 0 spiro atoms. The normalized spacial score (nSPS) is 25.1. The van der Waals surface area contributed by atoms with Crippen LogP contribution in [0.15, 0.2) is 24.3 Å². The molecule has 0 aliphatic carbocycles. The lowest BCUT2D eigenvalue weighted by Gasteiger charge is -2.34. The Kier molecular flexibility index (Phi) is 4.55. The highest BCUT2D eigenvalue weighted by atomic mass is 19.1. The van der Waals surface area contributed by atoms with Crippen molar-refractivity contribution in [3.8, 4) is 5.75 Å². The molecule has 1 aliphatic heterocycles. The van der Waals surface area contributed by atoms with Gasteiger partial charge in [0, 0.05) is 19.1 Å². The Bertz CT molecular complexity index is 369. The van der Waals surface area contributed by atoms with E-state index in [0.717, 1.165) is 31.8 Å². The van der Waals surface area contributed by atoms with Crippen molar-refractivity contribution in [3.05, 3.63) is 30.1 Å². The molecule has 1 saturated heterocycles. The molecule has 2 unspecified atom stereocenters. The predicted octanol–water partition coefficient (Wildman–Crippen LogP) is 1.87. The Morgan fingerprint density at radius 2 is 2.11 bits per heavy atom. The van der Waals surface area contributed by atoms with E-state index in [1.54, 1.807) is 12.1 Å². The second kappa shape index (κ2) is 6.16. The minimum Gasteiger partial charge on any atom is -0.492 e. The number of nitrogens with two attached hydrogens (primary N) is 1. The van der Waals surface area contributed by atoms with Gasteiger partial charge in [-0.05, 0) is 43.1 Å². The monoisotopic (exact) mass is 252 g/mol. The molecule has 0 aromatic heterocycles. The van der Waals surface area contributed by atoms with Gasteiger partial charge in [0.15, 0.2) is 0 Å². The maximum Gasteiger partial charge on any atom is 0.123 e. The largest absolute Gasteiger partial charge is 0.492 e. The summed E-state index contributed by atoms with van der Waals surface area (Å²) in [5.74, 6) is 1.03. The molecule has 2 rings (SSSR count). The lowest BCUT2D eigenvalue weighted by Crippen LogP contribution is -2.46. The molecule has 3 nitrogen and oxygen atoms in total. The fourth-order valence-electron chi connectivity index (χ4n) is 2.28. The Hall–Kier alpha value is -1.13. The molecular weight excluding hydrogens is 231 g/mol. The van der Waals surface area contributed by atoms with Crippen molar-refractivity contribution >= 4 is 0 Å². The Balaban J connectivity index is 1.71. The zero-order valence-electron chi connectivity index (χ0n) is 10.8. The van der Waals surface area contributed by atoms with Crippen LogP contribution in [-0.4, -0.2) is 37.2 Å². The van der Waals surface area contributed by atoms with Crippen LogP contribution in [0.25, 0.3) is 0 Å². The summed E-state index contributed by atoms with van der Waals surface area (Å²) in [6.07, 6.45) is 1.05. The summed E-state index contributed by atoms with van der Waals surface area (Å²) in [4.78, 5) is 2.37. The van der Waals surface area contributed by atoms with Gasteiger partial charge in [-0.25, -0.2) is 4.39 Å². The average Bonchev–Trinajstić information content (AvgIpc) is 2.36. The van der Waals surface area contributed by atoms with Crippen LogP contribution in [0.1, 0.15) is 13.3 Å². The molecule has 18 heavy (non-hydrogen) atoms. The highest BCUT2D eigenvalue weighted by Gasteiger charge is 2.22. The first-order chi connectivity index (χ1) is 8.65. The van der Waals surface area contributed by atoms with E-state index in [2.05, 4.69) is 11.8 Å². The van der Waals surface area contributed by atoms with Crippen molar-refractivity contribution in [1.82, 2.24) is 4.90 Å². The smallest absolute Gasteiger partial charge is 0.123 e. The summed E-state index contributed by atoms with van der Waals surface area (Å²) < 4.78 is 18.3. The van der Waals surface area contributed by atoms with E-state index in [1.807, 2.05) is 0 Å². The van der Waals surface area contributed by atoms with E-state index in [-0.39, 0.29) is 5.82 Å². The van der Waals surface area contributed by atoms with Crippen LogP contribution in [-0.2, 0) is 0 Å². The number of nitrogens with zero attached hydrogens (tertiary/aromatic N) is 1. The molecule has 1 aromatic rings. The number of hydrogen-bond donors (Lipinski definition) is 1. The van der Waals surface area contributed by atoms with Gasteiger partial charge in [0.25, 0.3) is 0 Å². The molecule has 2 atom stereocenters. The van der Waals surface area contributed by atoms with E-state index in [0.29, 0.717) is 18.6 Å². The van der Waals surface area contributed by atoms with Crippen LogP contribution in [0, 0.1) is 11.7 Å². The van der Waals surface area contributed by atoms with E-state index < -0.39 is 0 Å². The number of benzene rings is 1. The fourth-order valence-corrected chi connectivity index (χ4v) is 2.28. The Morgan fingerprint density at radius 3 is 2.78 bits per heavy atom. The summed E-state index contributed by atoms with van der Waals surface area (Å²) >= 11 is 0. The zero-order valence-corrected chi connectivity index (χ0v) is 10.8. The lowest BCUT2D eigenvalue weighted by molar-refractivity contribution is 0.140. The van der Waals surface area contributed by atoms with E-state index in [1.165, 1.54) is 12.1 Å². The third kappa shape index (κ3) is 3.68. The maximum absolute atomic E-state index is 12.7. The second-order valence-corrected chi connectivity index (χ2v) is 5.03. The molecule has 0 bridgehead atoms. The highest BCUT2D eigenvalue weighted by molar-refractivity contribution is 5.21. The number of piperidine rings is 1. The van der Waals surface area contributed by atoms with Crippen molar-refractivity contribution in [1.29, 1.82) is 0 Å². The molecule has 1 aromatic carbocycles. The van der Waals surface area contributed by atoms with Gasteiger partial charge in [0.2, 0.25) is 0 Å². The SMILES string of the molecule is CC1CN(CCOc2ccc(F)cc2)CCC1N. The minimum absolute atomic E-state index is 0.235. The first-order valence-corrected chi connectivity index (χ1v) is 6.51. The highest BCUT2D eigenvalue weighted by Crippen LogP contribution is 2.15. The van der Waals surface area contributed by atoms with Gasteiger partial charge in [-0.3, -0.25) is 4.90 Å². The van der Waals surface area contributed by atoms with Gasteiger partial charge in [0.1, 0.15) is 18.2 Å². The van der Waals surface area contributed by atoms with Gasteiger partial charge in [-0.15, -0.1) is 0 Å². The van der Waals surface area contributed by atoms with E-state index in [4.69, 9.17) is 10.5 Å². The molecule has 0 amide bonds. The molecule has 1 aliphatic rings. The number of ether oxygens (including phenoxy) is 1. The van der Waals surface area contributed by atoms with Crippen LogP contribution in [0.2, 0.25) is 0 Å². The van der Waals surface area contributed by atoms with E-state index in [9.17, 15) is 4.39 Å². The van der Waals surface area contributed by atoms with Crippen molar-refractivity contribution < 1.29 is 9.13 Å². The molecule has 0 saturated carbocycles. The minimum atomic E-state index is -0.235. The molecule has 100 valence electrons. The van der Waals surface area contributed by atoms with Crippen LogP contribution in [0.5, 0.6) is 5.75 Å². The summed E-state index contributed by atoms with van der Waals surface area (Å²) in [6, 6.07) is 6.47.